The molecule has 7 nitrogen and oxygen atoms in total. The number of nitrogens with zero attached hydrogens (tertiary/aromatic N) is 1. The number of carbonyl (C=O) groups excluding carboxylic acids is 3. The van der Waals surface area contributed by atoms with Crippen molar-refractivity contribution in [2.24, 2.45) is 23.7 Å². The predicted octanol–water partition coefficient (Wildman–Crippen LogP) is 5.36. The molecule has 216 valence electrons. The van der Waals surface area contributed by atoms with Gasteiger partial charge in [-0.15, -0.1) is 0 Å². The highest BCUT2D eigenvalue weighted by Gasteiger charge is 2.72. The number of carbonyl (C=O) groups is 3. The first-order chi connectivity index (χ1) is 19.6. The largest absolute Gasteiger partial charge is 0.359 e. The monoisotopic (exact) mass is 599 g/mol. The highest BCUT2D eigenvalue weighted by atomic mass is 35.5. The van der Waals surface area contributed by atoms with E-state index < -0.39 is 41.3 Å². The topological polar surface area (TPSA) is 87.7 Å². The zero-order chi connectivity index (χ0) is 29.1. The van der Waals surface area contributed by atoms with E-state index in [1.807, 2.05) is 12.1 Å². The van der Waals surface area contributed by atoms with Crippen LogP contribution in [0.1, 0.15) is 38.7 Å². The number of likely N-dealkylation sites (tertiary alicyclic amines) is 1. The van der Waals surface area contributed by atoms with E-state index in [9.17, 15) is 18.8 Å². The number of rotatable bonds is 6. The minimum Gasteiger partial charge on any atom is -0.359 e. The Balaban J connectivity index is 1.32. The van der Waals surface area contributed by atoms with E-state index in [-0.39, 0.29) is 29.4 Å². The lowest BCUT2D eigenvalue weighted by atomic mass is 9.73. The molecule has 41 heavy (non-hydrogen) atoms. The number of halogens is 3. The Hall–Kier alpha value is -2.94. The van der Waals surface area contributed by atoms with Crippen LogP contribution in [0.3, 0.4) is 0 Å². The summed E-state index contributed by atoms with van der Waals surface area (Å²) in [5, 5.41) is 6.46. The van der Waals surface area contributed by atoms with Crippen LogP contribution in [0.2, 0.25) is 10.0 Å². The van der Waals surface area contributed by atoms with E-state index in [4.69, 9.17) is 27.9 Å². The molecule has 0 radical (unpaired) electrons. The van der Waals surface area contributed by atoms with Crippen molar-refractivity contribution in [3.63, 3.8) is 0 Å². The van der Waals surface area contributed by atoms with Gasteiger partial charge in [-0.3, -0.25) is 14.4 Å². The molecule has 6 rings (SSSR count). The summed E-state index contributed by atoms with van der Waals surface area (Å²) in [5.41, 5.74) is -0.179. The maximum atomic E-state index is 14.2. The van der Waals surface area contributed by atoms with Gasteiger partial charge in [-0.25, -0.2) is 4.39 Å². The fraction of sp³-hybridized carbons (Fsp3) is 0.452. The number of nitrogens with one attached hydrogen (secondary N) is 2. The second kappa shape index (κ2) is 10.7. The number of anilines is 1. The van der Waals surface area contributed by atoms with Gasteiger partial charge < -0.3 is 20.3 Å². The minimum atomic E-state index is -1.29. The smallest absolute Gasteiger partial charge is 0.246 e. The maximum absolute atomic E-state index is 14.2. The van der Waals surface area contributed by atoms with Gasteiger partial charge in [-0.05, 0) is 54.2 Å². The summed E-state index contributed by atoms with van der Waals surface area (Å²) in [7, 11) is 0. The molecule has 3 fully saturated rings. The van der Waals surface area contributed by atoms with Gasteiger partial charge in [0.1, 0.15) is 17.5 Å². The summed E-state index contributed by atoms with van der Waals surface area (Å²) in [6.07, 6.45) is 5.89. The fourth-order valence-corrected chi connectivity index (χ4v) is 7.38. The number of hydrogen-bond acceptors (Lipinski definition) is 4. The van der Waals surface area contributed by atoms with Crippen molar-refractivity contribution in [2.75, 3.05) is 5.32 Å². The van der Waals surface area contributed by atoms with Crippen molar-refractivity contribution < 1.29 is 23.5 Å². The molecule has 3 aliphatic heterocycles. The van der Waals surface area contributed by atoms with Crippen molar-refractivity contribution in [1.82, 2.24) is 10.2 Å². The van der Waals surface area contributed by atoms with E-state index in [0.717, 1.165) is 24.8 Å². The molecule has 3 heterocycles. The van der Waals surface area contributed by atoms with Gasteiger partial charge in [-0.1, -0.05) is 74.2 Å². The Morgan fingerprint density at radius 1 is 1.10 bits per heavy atom. The van der Waals surface area contributed by atoms with E-state index in [1.165, 1.54) is 18.2 Å². The number of amides is 3. The van der Waals surface area contributed by atoms with Gasteiger partial charge >= 0.3 is 0 Å². The van der Waals surface area contributed by atoms with Crippen molar-refractivity contribution in [3.05, 3.63) is 76.0 Å². The van der Waals surface area contributed by atoms with E-state index in [0.29, 0.717) is 22.5 Å². The lowest BCUT2D eigenvalue weighted by Crippen LogP contribution is -2.57. The summed E-state index contributed by atoms with van der Waals surface area (Å²) in [4.78, 5) is 43.5. The average Bonchev–Trinajstić information content (AvgIpc) is 3.58. The van der Waals surface area contributed by atoms with Crippen LogP contribution in [-0.2, 0) is 25.7 Å². The zero-order valence-corrected chi connectivity index (χ0v) is 24.3. The number of fused-ring (bicyclic) bond motifs is 1. The first-order valence-electron chi connectivity index (χ1n) is 14.1. The minimum absolute atomic E-state index is 0.0147. The first kappa shape index (κ1) is 28.2. The van der Waals surface area contributed by atoms with E-state index in [2.05, 4.69) is 24.5 Å². The third-order valence-corrected chi connectivity index (χ3v) is 9.95. The standard InChI is InChI=1S/C31H32Cl2FN3O4/c1-16-4-3-5-23(17(16)2)36-29(39)27-31-13-12-24(41-31)25(28(38)35-20-10-11-22(34)21(33)14-20)26(31)30(40)37(27)15-18-6-8-19(32)9-7-18/h6-14,16-17,23-27H,3-5,15H2,1-2H3,(H,35,38)(H,36,39)/t16?,17?,23?,24-,25?,26-,27?,31?/m1/s1. The van der Waals surface area contributed by atoms with E-state index in [1.54, 1.807) is 29.2 Å². The lowest BCUT2D eigenvalue weighted by Gasteiger charge is -2.38. The molecule has 0 aromatic heterocycles. The van der Waals surface area contributed by atoms with Crippen molar-refractivity contribution in [1.29, 1.82) is 0 Å². The van der Waals surface area contributed by atoms with Crippen LogP contribution in [0.4, 0.5) is 10.1 Å². The Kier molecular flexibility index (Phi) is 7.37. The molecule has 1 saturated carbocycles. The van der Waals surface area contributed by atoms with Gasteiger partial charge in [-0.2, -0.15) is 0 Å². The number of ether oxygens (including phenoxy) is 1. The Labute approximate surface area is 248 Å². The van der Waals surface area contributed by atoms with Crippen LogP contribution in [0.15, 0.2) is 54.6 Å². The van der Waals surface area contributed by atoms with Crippen LogP contribution in [0.25, 0.3) is 0 Å². The van der Waals surface area contributed by atoms with Gasteiger partial charge in [0.05, 0.1) is 23.0 Å². The summed E-state index contributed by atoms with van der Waals surface area (Å²) >= 11 is 12.0. The molecule has 6 unspecified atom stereocenters. The molecule has 1 aliphatic carbocycles. The molecule has 2 saturated heterocycles. The second-order valence-electron chi connectivity index (χ2n) is 11.8. The fourth-order valence-electron chi connectivity index (χ4n) is 7.07. The third kappa shape index (κ3) is 4.84. The van der Waals surface area contributed by atoms with Crippen LogP contribution >= 0.6 is 23.2 Å². The summed E-state index contributed by atoms with van der Waals surface area (Å²) in [6, 6.07) is 10.0. The Morgan fingerprint density at radius 3 is 2.59 bits per heavy atom. The molecule has 4 aliphatic rings. The highest BCUT2D eigenvalue weighted by molar-refractivity contribution is 6.31. The van der Waals surface area contributed by atoms with Crippen LogP contribution in [-0.4, -0.2) is 46.4 Å². The predicted molar refractivity (Wildman–Crippen MR) is 154 cm³/mol. The van der Waals surface area contributed by atoms with Crippen LogP contribution in [0, 0.1) is 29.5 Å². The molecule has 2 N–H and O–H groups in total. The maximum Gasteiger partial charge on any atom is 0.246 e. The molecule has 2 aromatic rings. The molecule has 1 spiro atoms. The lowest BCUT2D eigenvalue weighted by molar-refractivity contribution is -0.142. The zero-order valence-electron chi connectivity index (χ0n) is 22.8. The van der Waals surface area contributed by atoms with Gasteiger partial charge in [0, 0.05) is 23.3 Å². The molecule has 10 heteroatoms. The average molecular weight is 601 g/mol. The summed E-state index contributed by atoms with van der Waals surface area (Å²) in [5.74, 6) is -2.68. The van der Waals surface area contributed by atoms with Gasteiger partial charge in [0.25, 0.3) is 0 Å². The van der Waals surface area contributed by atoms with Crippen molar-refractivity contribution >= 4 is 46.6 Å². The second-order valence-corrected chi connectivity index (χ2v) is 12.6. The molecule has 8 atom stereocenters. The summed E-state index contributed by atoms with van der Waals surface area (Å²) in [6.45, 7) is 4.51. The molecule has 2 aromatic carbocycles. The normalized spacial score (nSPS) is 33.6. The Morgan fingerprint density at radius 2 is 1.85 bits per heavy atom. The molecular weight excluding hydrogens is 568 g/mol. The molecular formula is C31H32Cl2FN3O4. The van der Waals surface area contributed by atoms with Crippen molar-refractivity contribution in [3.8, 4) is 0 Å². The van der Waals surface area contributed by atoms with Crippen LogP contribution < -0.4 is 10.6 Å². The quantitative estimate of drug-likeness (QED) is 0.437. The van der Waals surface area contributed by atoms with Gasteiger partial charge in [0.15, 0.2) is 0 Å². The van der Waals surface area contributed by atoms with Crippen molar-refractivity contribution in [2.45, 2.75) is 63.4 Å². The first-order valence-corrected chi connectivity index (χ1v) is 14.8. The molecule has 3 amide bonds. The third-order valence-electron chi connectivity index (χ3n) is 9.41. The van der Waals surface area contributed by atoms with E-state index >= 15 is 0 Å². The highest BCUT2D eigenvalue weighted by Crippen LogP contribution is 2.55. The van der Waals surface area contributed by atoms with Gasteiger partial charge in [0.2, 0.25) is 17.7 Å². The number of hydrogen-bond donors (Lipinski definition) is 2. The SMILES string of the molecule is CC1CCCC(NC(=O)C2N(Cc3ccc(Cl)cc3)C(=O)[C@H]3C(C(=O)Nc4ccc(F)c(Cl)c4)[C@H]4C=CC23O4)C1C. The number of benzene rings is 2. The Bertz CT molecular complexity index is 1420. The molecule has 2 bridgehead atoms. The summed E-state index contributed by atoms with van der Waals surface area (Å²) < 4.78 is 20.1. The van der Waals surface area contributed by atoms with Crippen LogP contribution in [0.5, 0.6) is 0 Å².